The summed E-state index contributed by atoms with van der Waals surface area (Å²) >= 11 is 0. The standard InChI is InChI=1S/C14H15N3O2/c1-9-5-6-16-8-12(9)17-14(18)10-3-4-13(19-2)11(15)7-10/h3-8H,15H2,1-2H3,(H,17,18). The Bertz CT molecular complexity index is 611. The van der Waals surface area contributed by atoms with E-state index in [1.165, 1.54) is 7.11 Å². The second kappa shape index (κ2) is 5.39. The number of aromatic nitrogens is 1. The predicted octanol–water partition coefficient (Wildman–Crippen LogP) is 2.23. The summed E-state index contributed by atoms with van der Waals surface area (Å²) in [6, 6.07) is 6.74. The lowest BCUT2D eigenvalue weighted by Gasteiger charge is -2.09. The lowest BCUT2D eigenvalue weighted by molar-refractivity contribution is 0.102. The second-order valence-corrected chi connectivity index (χ2v) is 4.10. The van der Waals surface area contributed by atoms with Gasteiger partial charge in [-0.05, 0) is 36.8 Å². The molecule has 0 aliphatic heterocycles. The summed E-state index contributed by atoms with van der Waals surface area (Å²) in [6.07, 6.45) is 3.29. The molecule has 0 fully saturated rings. The van der Waals surface area contributed by atoms with E-state index in [1.54, 1.807) is 30.6 Å². The number of carbonyl (C=O) groups excluding carboxylic acids is 1. The zero-order valence-electron chi connectivity index (χ0n) is 10.8. The van der Waals surface area contributed by atoms with Crippen LogP contribution in [0.4, 0.5) is 11.4 Å². The Kier molecular flexibility index (Phi) is 3.66. The molecule has 0 atom stereocenters. The first-order valence-electron chi connectivity index (χ1n) is 5.77. The highest BCUT2D eigenvalue weighted by molar-refractivity contribution is 6.05. The van der Waals surface area contributed by atoms with Crippen molar-refractivity contribution in [2.45, 2.75) is 6.92 Å². The molecule has 0 unspecified atom stereocenters. The maximum Gasteiger partial charge on any atom is 0.255 e. The van der Waals surface area contributed by atoms with Crippen LogP contribution in [0.5, 0.6) is 5.75 Å². The molecule has 5 nitrogen and oxygen atoms in total. The van der Waals surface area contributed by atoms with Crippen molar-refractivity contribution in [3.8, 4) is 5.75 Å². The lowest BCUT2D eigenvalue weighted by Crippen LogP contribution is -2.13. The van der Waals surface area contributed by atoms with Gasteiger partial charge in [0.2, 0.25) is 0 Å². The Balaban J connectivity index is 2.21. The van der Waals surface area contributed by atoms with Gasteiger partial charge in [-0.1, -0.05) is 0 Å². The van der Waals surface area contributed by atoms with Crippen LogP contribution in [-0.2, 0) is 0 Å². The highest BCUT2D eigenvalue weighted by Gasteiger charge is 2.10. The number of nitrogen functional groups attached to an aromatic ring is 1. The first-order valence-corrected chi connectivity index (χ1v) is 5.77. The van der Waals surface area contributed by atoms with Gasteiger partial charge in [0.25, 0.3) is 5.91 Å². The molecule has 0 saturated heterocycles. The first-order chi connectivity index (χ1) is 9.11. The first kappa shape index (κ1) is 12.9. The molecule has 0 aliphatic carbocycles. The number of ether oxygens (including phenoxy) is 1. The molecule has 98 valence electrons. The summed E-state index contributed by atoms with van der Waals surface area (Å²) in [7, 11) is 1.53. The topological polar surface area (TPSA) is 77.2 Å². The minimum absolute atomic E-state index is 0.231. The maximum atomic E-state index is 12.1. The fourth-order valence-corrected chi connectivity index (χ4v) is 1.66. The Morgan fingerprint density at radius 2 is 2.16 bits per heavy atom. The van der Waals surface area contributed by atoms with Crippen molar-refractivity contribution in [3.05, 3.63) is 47.8 Å². The number of nitrogens with one attached hydrogen (secondary N) is 1. The summed E-state index contributed by atoms with van der Waals surface area (Å²) in [6.45, 7) is 1.90. The third-order valence-electron chi connectivity index (χ3n) is 2.78. The normalized spacial score (nSPS) is 10.0. The third kappa shape index (κ3) is 2.82. The molecule has 2 rings (SSSR count). The van der Waals surface area contributed by atoms with Crippen LogP contribution < -0.4 is 15.8 Å². The van der Waals surface area contributed by atoms with Crippen molar-refractivity contribution < 1.29 is 9.53 Å². The molecule has 3 N–H and O–H groups in total. The molecule has 1 aromatic carbocycles. The van der Waals surface area contributed by atoms with E-state index in [1.807, 2.05) is 13.0 Å². The quantitative estimate of drug-likeness (QED) is 0.827. The summed E-state index contributed by atoms with van der Waals surface area (Å²) in [4.78, 5) is 16.1. The SMILES string of the molecule is COc1ccc(C(=O)Nc2cnccc2C)cc1N. The van der Waals surface area contributed by atoms with Crippen molar-refractivity contribution >= 4 is 17.3 Å². The van der Waals surface area contributed by atoms with E-state index in [-0.39, 0.29) is 5.91 Å². The van der Waals surface area contributed by atoms with Crippen molar-refractivity contribution in [1.82, 2.24) is 4.98 Å². The predicted molar refractivity (Wildman–Crippen MR) is 74.3 cm³/mol. The van der Waals surface area contributed by atoms with Crippen LogP contribution in [0.2, 0.25) is 0 Å². The van der Waals surface area contributed by atoms with E-state index in [2.05, 4.69) is 10.3 Å². The van der Waals surface area contributed by atoms with Gasteiger partial charge in [0.05, 0.1) is 24.7 Å². The van der Waals surface area contributed by atoms with Gasteiger partial charge in [-0.3, -0.25) is 9.78 Å². The van der Waals surface area contributed by atoms with Crippen molar-refractivity contribution in [2.75, 3.05) is 18.2 Å². The number of aryl methyl sites for hydroxylation is 1. The monoisotopic (exact) mass is 257 g/mol. The molecular weight excluding hydrogens is 242 g/mol. The Morgan fingerprint density at radius 1 is 1.37 bits per heavy atom. The second-order valence-electron chi connectivity index (χ2n) is 4.10. The third-order valence-corrected chi connectivity index (χ3v) is 2.78. The molecule has 1 aromatic heterocycles. The minimum Gasteiger partial charge on any atom is -0.495 e. The number of amides is 1. The summed E-state index contributed by atoms with van der Waals surface area (Å²) < 4.78 is 5.05. The van der Waals surface area contributed by atoms with Crippen LogP contribution in [0.15, 0.2) is 36.7 Å². The van der Waals surface area contributed by atoms with E-state index >= 15 is 0 Å². The van der Waals surface area contributed by atoms with Crippen LogP contribution in [0, 0.1) is 6.92 Å². The number of nitrogens with zero attached hydrogens (tertiary/aromatic N) is 1. The number of hydrogen-bond acceptors (Lipinski definition) is 4. The molecule has 1 heterocycles. The van der Waals surface area contributed by atoms with Crippen LogP contribution in [-0.4, -0.2) is 18.0 Å². The van der Waals surface area contributed by atoms with E-state index in [9.17, 15) is 4.79 Å². The Morgan fingerprint density at radius 3 is 2.79 bits per heavy atom. The van der Waals surface area contributed by atoms with E-state index in [0.29, 0.717) is 22.7 Å². The van der Waals surface area contributed by atoms with Gasteiger partial charge < -0.3 is 15.8 Å². The van der Waals surface area contributed by atoms with Crippen LogP contribution >= 0.6 is 0 Å². The van der Waals surface area contributed by atoms with Gasteiger partial charge in [-0.2, -0.15) is 0 Å². The van der Waals surface area contributed by atoms with Crippen molar-refractivity contribution in [3.63, 3.8) is 0 Å². The number of pyridine rings is 1. The van der Waals surface area contributed by atoms with Gasteiger partial charge >= 0.3 is 0 Å². The number of methoxy groups -OCH3 is 1. The van der Waals surface area contributed by atoms with Crippen molar-refractivity contribution in [1.29, 1.82) is 0 Å². The van der Waals surface area contributed by atoms with E-state index in [4.69, 9.17) is 10.5 Å². The number of benzene rings is 1. The fourth-order valence-electron chi connectivity index (χ4n) is 1.66. The minimum atomic E-state index is -0.231. The summed E-state index contributed by atoms with van der Waals surface area (Å²) in [5.74, 6) is 0.319. The smallest absolute Gasteiger partial charge is 0.255 e. The Labute approximate surface area is 111 Å². The molecule has 2 aromatic rings. The summed E-state index contributed by atoms with van der Waals surface area (Å²) in [5.41, 5.74) is 8.31. The molecule has 0 radical (unpaired) electrons. The molecule has 1 amide bonds. The Hall–Kier alpha value is -2.56. The number of anilines is 2. The van der Waals surface area contributed by atoms with Crippen molar-refractivity contribution in [2.24, 2.45) is 0 Å². The zero-order chi connectivity index (χ0) is 13.8. The fraction of sp³-hybridized carbons (Fsp3) is 0.143. The molecule has 0 spiro atoms. The summed E-state index contributed by atoms with van der Waals surface area (Å²) in [5, 5.41) is 2.79. The highest BCUT2D eigenvalue weighted by atomic mass is 16.5. The molecule has 19 heavy (non-hydrogen) atoms. The van der Waals surface area contributed by atoms with E-state index in [0.717, 1.165) is 5.56 Å². The molecule has 0 saturated carbocycles. The average Bonchev–Trinajstić information content (AvgIpc) is 2.41. The van der Waals surface area contributed by atoms with Gasteiger partial charge in [0.1, 0.15) is 5.75 Å². The van der Waals surface area contributed by atoms with Crippen LogP contribution in [0.25, 0.3) is 0 Å². The van der Waals surface area contributed by atoms with E-state index < -0.39 is 0 Å². The maximum absolute atomic E-state index is 12.1. The molecule has 5 heteroatoms. The van der Waals surface area contributed by atoms with Crippen LogP contribution in [0.3, 0.4) is 0 Å². The lowest BCUT2D eigenvalue weighted by atomic mass is 10.1. The largest absolute Gasteiger partial charge is 0.495 e. The molecule has 0 aliphatic rings. The van der Waals surface area contributed by atoms with Gasteiger partial charge in [-0.25, -0.2) is 0 Å². The van der Waals surface area contributed by atoms with Gasteiger partial charge in [0.15, 0.2) is 0 Å². The number of nitrogens with two attached hydrogens (primary N) is 1. The van der Waals surface area contributed by atoms with Gasteiger partial charge in [-0.15, -0.1) is 0 Å². The number of carbonyl (C=O) groups is 1. The molecule has 0 bridgehead atoms. The number of hydrogen-bond donors (Lipinski definition) is 2. The zero-order valence-corrected chi connectivity index (χ0v) is 10.8. The van der Waals surface area contributed by atoms with Crippen LogP contribution in [0.1, 0.15) is 15.9 Å². The highest BCUT2D eigenvalue weighted by Crippen LogP contribution is 2.22. The average molecular weight is 257 g/mol. The van der Waals surface area contributed by atoms with Gasteiger partial charge in [0, 0.05) is 11.8 Å². The number of rotatable bonds is 3. The molecular formula is C14H15N3O2.